The highest BCUT2D eigenvalue weighted by atomic mass is 16.5. The second-order valence-corrected chi connectivity index (χ2v) is 7.16. The molecule has 7 heteroatoms. The van der Waals surface area contributed by atoms with Crippen molar-refractivity contribution in [1.82, 2.24) is 10.2 Å². The largest absolute Gasteiger partial charge is 0.476 e. The van der Waals surface area contributed by atoms with Crippen LogP contribution in [-0.2, 0) is 14.4 Å². The van der Waals surface area contributed by atoms with Crippen molar-refractivity contribution in [3.63, 3.8) is 0 Å². The molecule has 0 spiro atoms. The van der Waals surface area contributed by atoms with Crippen LogP contribution in [0.5, 0.6) is 5.75 Å². The monoisotopic (exact) mass is 357 g/mol. The summed E-state index contributed by atoms with van der Waals surface area (Å²) < 4.78 is 5.93. The second-order valence-electron chi connectivity index (χ2n) is 7.16. The van der Waals surface area contributed by atoms with Gasteiger partial charge in [0.05, 0.1) is 12.2 Å². The Bertz CT molecular complexity index is 748. The Kier molecular flexibility index (Phi) is 4.30. The average Bonchev–Trinajstić information content (AvgIpc) is 2.66. The molecule has 0 radical (unpaired) electrons. The lowest BCUT2D eigenvalue weighted by molar-refractivity contribution is -0.152. The number of para-hydroxylation sites is 2. The summed E-state index contributed by atoms with van der Waals surface area (Å²) >= 11 is 0. The standard InChI is InChI=1S/C19H23N3O4/c1-12(23)22-11-16(26-15-7-3-2-6-14(15)22)19(25)21-10-4-5-13-8-9-20-18(24)17(13)21/h2-3,6-7,13,16-17H,4-5,8-11H2,1H3,(H,20,24). The summed E-state index contributed by atoms with van der Waals surface area (Å²) in [5.74, 6) is 0.312. The second kappa shape index (κ2) is 6.63. The molecule has 7 nitrogen and oxygen atoms in total. The minimum atomic E-state index is -0.790. The van der Waals surface area contributed by atoms with Gasteiger partial charge in [-0.3, -0.25) is 14.4 Å². The number of hydrogen-bond acceptors (Lipinski definition) is 4. The third-order valence-electron chi connectivity index (χ3n) is 5.55. The molecule has 0 bridgehead atoms. The minimum absolute atomic E-state index is 0.0751. The molecule has 3 unspecified atom stereocenters. The minimum Gasteiger partial charge on any atom is -0.476 e. The first kappa shape index (κ1) is 16.9. The molecule has 0 aromatic heterocycles. The van der Waals surface area contributed by atoms with Gasteiger partial charge in [0.25, 0.3) is 5.91 Å². The first-order chi connectivity index (χ1) is 12.6. The van der Waals surface area contributed by atoms with Gasteiger partial charge in [0, 0.05) is 20.0 Å². The van der Waals surface area contributed by atoms with Crippen LogP contribution in [0.15, 0.2) is 24.3 Å². The number of nitrogens with zero attached hydrogens (tertiary/aromatic N) is 2. The zero-order valence-electron chi connectivity index (χ0n) is 14.8. The number of ether oxygens (including phenoxy) is 1. The number of carbonyl (C=O) groups is 3. The predicted molar refractivity (Wildman–Crippen MR) is 94.7 cm³/mol. The Balaban J connectivity index is 1.60. The topological polar surface area (TPSA) is 79.0 Å². The number of benzene rings is 1. The van der Waals surface area contributed by atoms with Crippen LogP contribution in [0.4, 0.5) is 5.69 Å². The summed E-state index contributed by atoms with van der Waals surface area (Å²) in [6, 6.07) is 6.80. The maximum Gasteiger partial charge on any atom is 0.266 e. The number of rotatable bonds is 1. The van der Waals surface area contributed by atoms with Crippen molar-refractivity contribution in [3.8, 4) is 5.75 Å². The Morgan fingerprint density at radius 1 is 1.23 bits per heavy atom. The number of nitrogens with one attached hydrogen (secondary N) is 1. The van der Waals surface area contributed by atoms with E-state index >= 15 is 0 Å². The van der Waals surface area contributed by atoms with Crippen molar-refractivity contribution in [3.05, 3.63) is 24.3 Å². The fourth-order valence-electron chi connectivity index (χ4n) is 4.31. The summed E-state index contributed by atoms with van der Waals surface area (Å²) in [5, 5.41) is 2.87. The normalized spacial score (nSPS) is 27.7. The molecule has 1 aromatic rings. The molecule has 138 valence electrons. The Hall–Kier alpha value is -2.57. The van der Waals surface area contributed by atoms with Gasteiger partial charge < -0.3 is 19.9 Å². The van der Waals surface area contributed by atoms with Gasteiger partial charge >= 0.3 is 0 Å². The lowest BCUT2D eigenvalue weighted by Gasteiger charge is -2.45. The van der Waals surface area contributed by atoms with E-state index in [0.29, 0.717) is 24.5 Å². The SMILES string of the molecule is CC(=O)N1CC(C(=O)N2CCCC3CCNC(=O)C32)Oc2ccccc21. The first-order valence-electron chi connectivity index (χ1n) is 9.18. The number of carbonyl (C=O) groups excluding carboxylic acids is 3. The summed E-state index contributed by atoms with van der Waals surface area (Å²) in [4.78, 5) is 40.9. The number of fused-ring (bicyclic) bond motifs is 2. The number of anilines is 1. The van der Waals surface area contributed by atoms with E-state index in [1.54, 1.807) is 15.9 Å². The van der Waals surface area contributed by atoms with Crippen LogP contribution in [0.2, 0.25) is 0 Å². The summed E-state index contributed by atoms with van der Waals surface area (Å²) in [5.41, 5.74) is 0.677. The highest BCUT2D eigenvalue weighted by molar-refractivity contribution is 5.97. The molecule has 3 amide bonds. The van der Waals surface area contributed by atoms with Gasteiger partial charge in [-0.1, -0.05) is 12.1 Å². The fourth-order valence-corrected chi connectivity index (χ4v) is 4.31. The average molecular weight is 357 g/mol. The van der Waals surface area contributed by atoms with Crippen molar-refractivity contribution in [1.29, 1.82) is 0 Å². The fraction of sp³-hybridized carbons (Fsp3) is 0.526. The third kappa shape index (κ3) is 2.81. The molecule has 3 aliphatic heterocycles. The molecule has 2 fully saturated rings. The zero-order valence-corrected chi connectivity index (χ0v) is 14.8. The van der Waals surface area contributed by atoms with Crippen molar-refractivity contribution >= 4 is 23.4 Å². The summed E-state index contributed by atoms with van der Waals surface area (Å²) in [6.45, 7) is 2.87. The molecule has 4 rings (SSSR count). The van der Waals surface area contributed by atoms with Gasteiger partial charge in [-0.05, 0) is 37.3 Å². The van der Waals surface area contributed by atoms with E-state index in [9.17, 15) is 14.4 Å². The molecule has 2 saturated heterocycles. The number of amides is 3. The van der Waals surface area contributed by atoms with E-state index in [0.717, 1.165) is 19.3 Å². The van der Waals surface area contributed by atoms with Crippen LogP contribution < -0.4 is 15.0 Å². The Labute approximate surface area is 152 Å². The van der Waals surface area contributed by atoms with E-state index in [-0.39, 0.29) is 30.2 Å². The predicted octanol–water partition coefficient (Wildman–Crippen LogP) is 0.928. The smallest absolute Gasteiger partial charge is 0.266 e. The number of piperidine rings is 2. The molecule has 0 saturated carbocycles. The lowest BCUT2D eigenvalue weighted by atomic mass is 9.83. The van der Waals surface area contributed by atoms with Gasteiger partial charge in [-0.2, -0.15) is 0 Å². The van der Waals surface area contributed by atoms with Gasteiger partial charge in [-0.25, -0.2) is 0 Å². The maximum absolute atomic E-state index is 13.2. The van der Waals surface area contributed by atoms with Crippen LogP contribution >= 0.6 is 0 Å². The molecule has 3 heterocycles. The molecule has 3 atom stereocenters. The Morgan fingerprint density at radius 2 is 2.04 bits per heavy atom. The molecular formula is C19H23N3O4. The quantitative estimate of drug-likeness (QED) is 0.811. The van der Waals surface area contributed by atoms with Crippen molar-refractivity contribution < 1.29 is 19.1 Å². The highest BCUT2D eigenvalue weighted by Crippen LogP contribution is 2.35. The molecule has 1 aromatic carbocycles. The number of likely N-dealkylation sites (tertiary alicyclic amines) is 1. The van der Waals surface area contributed by atoms with Crippen LogP contribution in [-0.4, -0.2) is 54.4 Å². The van der Waals surface area contributed by atoms with Crippen LogP contribution in [0.3, 0.4) is 0 Å². The molecule has 26 heavy (non-hydrogen) atoms. The van der Waals surface area contributed by atoms with Crippen LogP contribution in [0.25, 0.3) is 0 Å². The van der Waals surface area contributed by atoms with Gasteiger partial charge in [0.2, 0.25) is 11.8 Å². The summed E-state index contributed by atoms with van der Waals surface area (Å²) in [6.07, 6.45) is 1.96. The third-order valence-corrected chi connectivity index (χ3v) is 5.55. The lowest BCUT2D eigenvalue weighted by Crippen LogP contribution is -2.62. The van der Waals surface area contributed by atoms with E-state index in [1.165, 1.54) is 6.92 Å². The van der Waals surface area contributed by atoms with Gasteiger partial charge in [-0.15, -0.1) is 0 Å². The van der Waals surface area contributed by atoms with Gasteiger partial charge in [0.15, 0.2) is 6.10 Å². The van der Waals surface area contributed by atoms with Crippen molar-refractivity contribution in [2.24, 2.45) is 5.92 Å². The highest BCUT2D eigenvalue weighted by Gasteiger charge is 2.44. The molecule has 3 aliphatic rings. The number of hydrogen-bond donors (Lipinski definition) is 1. The van der Waals surface area contributed by atoms with E-state index in [2.05, 4.69) is 5.32 Å². The molecule has 0 aliphatic carbocycles. The van der Waals surface area contributed by atoms with E-state index in [1.807, 2.05) is 18.2 Å². The Morgan fingerprint density at radius 3 is 2.85 bits per heavy atom. The van der Waals surface area contributed by atoms with Crippen molar-refractivity contribution in [2.75, 3.05) is 24.5 Å². The maximum atomic E-state index is 13.2. The molecule has 1 N–H and O–H groups in total. The van der Waals surface area contributed by atoms with Crippen LogP contribution in [0, 0.1) is 5.92 Å². The van der Waals surface area contributed by atoms with Crippen LogP contribution in [0.1, 0.15) is 26.2 Å². The van der Waals surface area contributed by atoms with E-state index < -0.39 is 12.1 Å². The first-order valence-corrected chi connectivity index (χ1v) is 9.18. The van der Waals surface area contributed by atoms with E-state index in [4.69, 9.17) is 4.74 Å². The summed E-state index contributed by atoms with van der Waals surface area (Å²) in [7, 11) is 0. The molecular weight excluding hydrogens is 334 g/mol. The van der Waals surface area contributed by atoms with Crippen molar-refractivity contribution in [2.45, 2.75) is 38.3 Å². The zero-order chi connectivity index (χ0) is 18.3. The van der Waals surface area contributed by atoms with Gasteiger partial charge in [0.1, 0.15) is 11.8 Å².